The summed E-state index contributed by atoms with van der Waals surface area (Å²) in [6.07, 6.45) is 6.06. The van der Waals surface area contributed by atoms with Crippen molar-refractivity contribution < 1.29 is 47.2 Å². The number of H-pyrrole nitrogens is 1. The monoisotopic (exact) mass is 1890 g/mol. The Kier molecular flexibility index (Phi) is 27.8. The van der Waals surface area contributed by atoms with E-state index in [1.54, 1.807) is 92.4 Å². The van der Waals surface area contributed by atoms with Crippen LogP contribution in [0.3, 0.4) is 0 Å². The second-order valence-electron chi connectivity index (χ2n) is 33.6. The van der Waals surface area contributed by atoms with Crippen molar-refractivity contribution in [1.29, 1.82) is 0 Å². The van der Waals surface area contributed by atoms with Gasteiger partial charge in [0.15, 0.2) is 34.6 Å². The average molecular weight is 1890 g/mol. The molecule has 23 nitrogen and oxygen atoms in total. The van der Waals surface area contributed by atoms with Crippen LogP contribution in [0.4, 0.5) is 0 Å². The number of halogens is 1. The number of rotatable bonds is 17. The van der Waals surface area contributed by atoms with E-state index in [1.165, 1.54) is 16.0 Å². The zero-order chi connectivity index (χ0) is 97.9. The molecule has 1 aliphatic heterocycles. The highest BCUT2D eigenvalue weighted by atomic mass is 35.5. The Morgan fingerprint density at radius 3 is 1.38 bits per heavy atom. The number of aryl methyl sites for hydroxylation is 5. The molecule has 0 aliphatic carbocycles. The predicted octanol–water partition coefficient (Wildman–Crippen LogP) is 23.7. The molecule has 690 valence electrons. The number of para-hydroxylation sites is 7. The summed E-state index contributed by atoms with van der Waals surface area (Å²) in [5.74, 6) is 0.0145. The summed E-state index contributed by atoms with van der Waals surface area (Å²) in [7, 11) is 1.61. The maximum Gasteiger partial charge on any atom is 0.277 e. The molecule has 22 aromatic rings. The van der Waals surface area contributed by atoms with E-state index in [1.807, 2.05) is 295 Å². The number of aromatic nitrogens is 10. The molecule has 0 atom stereocenters. The van der Waals surface area contributed by atoms with Crippen LogP contribution in [0.25, 0.3) is 114 Å². The van der Waals surface area contributed by atoms with Crippen molar-refractivity contribution in [1.82, 2.24) is 54.7 Å². The summed E-state index contributed by atoms with van der Waals surface area (Å²) in [4.78, 5) is 145. The van der Waals surface area contributed by atoms with Crippen LogP contribution in [0.5, 0.6) is 5.75 Å². The highest BCUT2D eigenvalue weighted by molar-refractivity contribution is 7.21. The normalized spacial score (nSPS) is 11.4. The van der Waals surface area contributed by atoms with Crippen LogP contribution in [-0.2, 0) is 36.9 Å². The van der Waals surface area contributed by atoms with Gasteiger partial charge in [0.25, 0.3) is 22.9 Å². The van der Waals surface area contributed by atoms with Crippen molar-refractivity contribution >= 4 is 161 Å². The van der Waals surface area contributed by atoms with E-state index in [0.717, 1.165) is 142 Å². The first-order valence-corrected chi connectivity index (χ1v) is 46.4. The zero-order valence-corrected chi connectivity index (χ0v) is 78.7. The third kappa shape index (κ3) is 20.8. The van der Waals surface area contributed by atoms with Crippen molar-refractivity contribution in [2.75, 3.05) is 7.11 Å². The van der Waals surface area contributed by atoms with E-state index in [-0.39, 0.29) is 64.6 Å². The summed E-state index contributed by atoms with van der Waals surface area (Å²) in [6, 6.07) is 102. The molecule has 3 amide bonds. The highest BCUT2D eigenvalue weighted by Crippen LogP contribution is 2.38. The Morgan fingerprint density at radius 1 is 0.397 bits per heavy atom. The Bertz CT molecular complexity index is 8710. The average Bonchev–Trinajstić information content (AvgIpc) is 1.38. The zero-order valence-electron chi connectivity index (χ0n) is 77.1. The number of benzene rings is 11. The molecule has 0 radical (unpaired) electrons. The lowest BCUT2D eigenvalue weighted by atomic mass is 10.0. The fourth-order valence-electron chi connectivity index (χ4n) is 16.7. The number of Topliss-reactive ketones (excluding diaryl/α,β-unsaturated/α-hetero) is 4. The number of carbonyl (C=O) groups is 7. The molecule has 1 N–H and O–H groups in total. The lowest BCUT2D eigenvalue weighted by Gasteiger charge is -2.12. The summed E-state index contributed by atoms with van der Waals surface area (Å²) in [5, 5.41) is 15.8. The highest BCUT2D eigenvalue weighted by Gasteiger charge is 2.40. The molecular weight excluding hydrogens is 1810 g/mol. The van der Waals surface area contributed by atoms with Gasteiger partial charge in [-0.1, -0.05) is 217 Å². The van der Waals surface area contributed by atoms with Crippen molar-refractivity contribution in [3.63, 3.8) is 0 Å². The van der Waals surface area contributed by atoms with Gasteiger partial charge >= 0.3 is 0 Å². The van der Waals surface area contributed by atoms with E-state index in [2.05, 4.69) is 45.1 Å². The van der Waals surface area contributed by atoms with Gasteiger partial charge in [-0.05, 0) is 184 Å². The first kappa shape index (κ1) is 93.7. The molecular formula is C116H86ClN11O12S. The molecule has 23 rings (SSSR count). The summed E-state index contributed by atoms with van der Waals surface area (Å²) in [5.41, 5.74) is 17.0. The Balaban J connectivity index is 0.000000112. The predicted molar refractivity (Wildman–Crippen MR) is 551 cm³/mol. The molecule has 11 aromatic carbocycles. The Morgan fingerprint density at radius 2 is 0.844 bits per heavy atom. The third-order valence-electron chi connectivity index (χ3n) is 23.8. The maximum atomic E-state index is 12.8. The number of ketones is 4. The minimum atomic E-state index is -0.561. The first-order chi connectivity index (χ1) is 68.5. The Hall–Kier alpha value is -17.7. The molecule has 0 saturated carbocycles. The number of ether oxygens (including phenoxy) is 1. The van der Waals surface area contributed by atoms with Crippen molar-refractivity contribution in [3.05, 3.63) is 461 Å². The molecule has 11 aromatic heterocycles. The molecule has 0 spiro atoms. The Labute approximate surface area is 815 Å². The van der Waals surface area contributed by atoms with Crippen molar-refractivity contribution in [2.45, 2.75) is 66.7 Å². The number of nitrogens with zero attached hydrogens (tertiary/aromatic N) is 10. The molecule has 0 unspecified atom stereocenters. The van der Waals surface area contributed by atoms with Gasteiger partial charge in [-0.2, -0.15) is 0 Å². The smallest absolute Gasteiger partial charge is 0.277 e. The molecule has 0 bridgehead atoms. The standard InChI is InChI=1S/C22H18N2O3.C20H14ClNOS.C20H15NO2.C19H12N2O3.C18H16N2O.C17H11N3O2/c1-14-6-7-16-4-3-5-17(22(16)23-14)12-20(25)19-13-21(27-24-19)15-8-10-18(26-2)11-9-15;1-12-9-10-13-5-4-6-14(19(13)22-12)11-16(23)20-18(21)15-7-2-3-8-17(15)24-20;1-13-9-10-14-6-4-7-16(20(14)21-13)11-17(22)19-12-15-5-2-3-8-18(15)23-19;22-16(11-13-6-3-5-12-7-4-10-20-17(12)13)21-18(23)14-8-1-2-9-15(14)19(21)24;1-12-6-9-16(11-19-12)17(21)10-15-5-3-4-14-8-7-13(2)20-18(14)15;21-16-12-7-1-2-8-13(12)17(22)20(19-16)14-9-3-5-11-6-4-10-18-15(11)14/h3-11,13H,12H2,1-2H3;2-10H,11H2,1H3;2-10,12H,11H2,1H3;1-10H,11H2;3-9,11H,10H2,1-2H3;1-10H,(H,19,21). The third-order valence-corrected chi connectivity index (χ3v) is 25.6. The number of imide groups is 3. The topological polar surface area (TPSA) is 316 Å². The van der Waals surface area contributed by atoms with Crippen molar-refractivity contribution in [3.8, 4) is 22.8 Å². The van der Waals surface area contributed by atoms with Crippen LogP contribution < -0.4 is 15.9 Å². The van der Waals surface area contributed by atoms with Crippen LogP contribution in [0, 0.1) is 34.6 Å². The van der Waals surface area contributed by atoms with Crippen LogP contribution in [0.1, 0.15) is 118 Å². The number of hydrogen-bond acceptors (Lipinski definition) is 21. The molecule has 12 heterocycles. The molecule has 25 heteroatoms. The quantitative estimate of drug-likeness (QED) is 0.0654. The van der Waals surface area contributed by atoms with Gasteiger partial charge in [0.2, 0.25) is 11.7 Å². The van der Waals surface area contributed by atoms with Gasteiger partial charge in [-0.25, -0.2) is 9.58 Å². The minimum Gasteiger partial charge on any atom is -0.497 e. The largest absolute Gasteiger partial charge is 0.497 e. The van der Waals surface area contributed by atoms with Gasteiger partial charge in [-0.15, -0.1) is 11.3 Å². The van der Waals surface area contributed by atoms with Gasteiger partial charge < -0.3 is 13.7 Å². The molecule has 0 saturated heterocycles. The number of nitrogens with one attached hydrogen (secondary N) is 1. The number of aromatic amines is 1. The van der Waals surface area contributed by atoms with E-state index in [0.29, 0.717) is 78.6 Å². The van der Waals surface area contributed by atoms with E-state index in [9.17, 15) is 43.2 Å². The number of methoxy groups -OCH3 is 1. The summed E-state index contributed by atoms with van der Waals surface area (Å²) in [6.45, 7) is 9.72. The number of pyridine rings is 7. The van der Waals surface area contributed by atoms with E-state index >= 15 is 0 Å². The number of hydrogen-bond donors (Lipinski definition) is 1. The number of thiophene rings is 1. The van der Waals surface area contributed by atoms with E-state index in [4.69, 9.17) is 25.3 Å². The number of fused-ring (bicyclic) bond motifs is 10. The second kappa shape index (κ2) is 41.8. The van der Waals surface area contributed by atoms with Crippen molar-refractivity contribution in [2.24, 2.45) is 0 Å². The van der Waals surface area contributed by atoms with Crippen LogP contribution >= 0.6 is 22.9 Å². The van der Waals surface area contributed by atoms with Gasteiger partial charge in [0, 0.05) is 138 Å². The van der Waals surface area contributed by atoms with Crippen LogP contribution in [0.2, 0.25) is 5.02 Å². The summed E-state index contributed by atoms with van der Waals surface area (Å²) < 4.78 is 18.5. The van der Waals surface area contributed by atoms with Gasteiger partial charge in [0.1, 0.15) is 11.3 Å². The van der Waals surface area contributed by atoms with Crippen LogP contribution in [0.15, 0.2) is 365 Å². The first-order valence-electron chi connectivity index (χ1n) is 45.2. The lowest BCUT2D eigenvalue weighted by Crippen LogP contribution is -2.37. The fraction of sp³-hybridized carbons (Fsp3) is 0.0948. The van der Waals surface area contributed by atoms with E-state index < -0.39 is 17.7 Å². The van der Waals surface area contributed by atoms with Gasteiger partial charge in [-0.3, -0.25) is 83.1 Å². The summed E-state index contributed by atoms with van der Waals surface area (Å²) >= 11 is 7.89. The van der Waals surface area contributed by atoms with Gasteiger partial charge in [0.05, 0.1) is 84.1 Å². The molecule has 141 heavy (non-hydrogen) atoms. The second-order valence-corrected chi connectivity index (χ2v) is 35.0. The van der Waals surface area contributed by atoms with Crippen LogP contribution in [-0.4, -0.2) is 103 Å². The number of amides is 3. The number of furan rings is 1. The molecule has 1 aliphatic rings. The fourth-order valence-corrected chi connectivity index (χ4v) is 18.2. The SMILES string of the molecule is COc1ccc(-c2cc(C(=O)Cc3cccc4ccc(C)nc34)no2)cc1.Cc1ccc(C(=O)Cc2cccc3ccc(C)nc23)cn1.Cc1ccc2cccc(CC(=O)c3cc4ccccc4o3)c2n1.Cc1ccc2cccc(CC(=O)c3sc4ccccc4c3Cl)c2n1.O=C(Cc1cccc2cccnc12)N1C(=O)c2ccccc2C1=O.O=c1[nH]n(-c2cccc3cccnc23)c(=O)c2ccccc12. The minimum absolute atomic E-state index is 0.0305. The lowest BCUT2D eigenvalue weighted by molar-refractivity contribution is -0.125. The number of carbonyl (C=O) groups excluding carboxylic acids is 7. The molecule has 0 fully saturated rings. The maximum absolute atomic E-state index is 12.8.